The fraction of sp³-hybridized carbons (Fsp3) is 0.500. The molecular formula is C12H19N3O4. The molecule has 7 heteroatoms. The van der Waals surface area contributed by atoms with Crippen LogP contribution in [0.2, 0.25) is 0 Å². The van der Waals surface area contributed by atoms with Crippen molar-refractivity contribution < 1.29 is 15.1 Å². The van der Waals surface area contributed by atoms with Gasteiger partial charge in [-0.05, 0) is 25.0 Å². The van der Waals surface area contributed by atoms with Gasteiger partial charge in [-0.1, -0.05) is 13.0 Å². The molecule has 4 N–H and O–H groups in total. The van der Waals surface area contributed by atoms with Crippen molar-refractivity contribution in [2.45, 2.75) is 26.5 Å². The van der Waals surface area contributed by atoms with Crippen molar-refractivity contribution in [3.8, 4) is 0 Å². The fourth-order valence-corrected chi connectivity index (χ4v) is 1.82. The Bertz CT molecular complexity index is 449. The van der Waals surface area contributed by atoms with Gasteiger partial charge in [-0.25, -0.2) is 0 Å². The van der Waals surface area contributed by atoms with E-state index >= 15 is 0 Å². The minimum absolute atomic E-state index is 0.117. The second-order valence-electron chi connectivity index (χ2n) is 4.08. The Morgan fingerprint density at radius 3 is 2.63 bits per heavy atom. The highest BCUT2D eigenvalue weighted by atomic mass is 16.6. The maximum absolute atomic E-state index is 11.2. The van der Waals surface area contributed by atoms with Gasteiger partial charge in [0.05, 0.1) is 11.5 Å². The molecule has 0 aliphatic heterocycles. The molecule has 0 radical (unpaired) electrons. The summed E-state index contributed by atoms with van der Waals surface area (Å²) in [4.78, 5) is 10.7. The van der Waals surface area contributed by atoms with Crippen LogP contribution in [0.25, 0.3) is 0 Å². The minimum atomic E-state index is -0.892. The van der Waals surface area contributed by atoms with E-state index in [0.29, 0.717) is 17.8 Å². The maximum atomic E-state index is 11.2. The Morgan fingerprint density at radius 2 is 2.16 bits per heavy atom. The van der Waals surface area contributed by atoms with Crippen LogP contribution in [0.3, 0.4) is 0 Å². The molecule has 0 bridgehead atoms. The molecule has 0 spiro atoms. The fourth-order valence-electron chi connectivity index (χ4n) is 1.82. The van der Waals surface area contributed by atoms with E-state index in [1.54, 1.807) is 12.1 Å². The Labute approximate surface area is 111 Å². The number of hydrogen-bond acceptors (Lipinski definition) is 6. The lowest BCUT2D eigenvalue weighted by atomic mass is 10.1. The highest BCUT2D eigenvalue weighted by Crippen LogP contribution is 2.36. The largest absolute Gasteiger partial charge is 0.395 e. The van der Waals surface area contributed by atoms with Crippen LogP contribution in [0.5, 0.6) is 0 Å². The van der Waals surface area contributed by atoms with E-state index in [4.69, 9.17) is 5.11 Å². The molecular weight excluding hydrogens is 250 g/mol. The number of rotatable bonds is 7. The van der Waals surface area contributed by atoms with Crippen LogP contribution in [0, 0.1) is 10.1 Å². The monoisotopic (exact) mass is 269 g/mol. The van der Waals surface area contributed by atoms with E-state index in [9.17, 15) is 15.2 Å². The molecule has 0 heterocycles. The zero-order chi connectivity index (χ0) is 14.4. The minimum Gasteiger partial charge on any atom is -0.395 e. The second kappa shape index (κ2) is 6.91. The average Bonchev–Trinajstić information content (AvgIpc) is 2.35. The number of hydrogen-bond donors (Lipinski definition) is 4. The molecule has 0 fully saturated rings. The van der Waals surface area contributed by atoms with Crippen LogP contribution < -0.4 is 10.6 Å². The van der Waals surface area contributed by atoms with E-state index in [1.807, 2.05) is 6.92 Å². The molecule has 0 saturated carbocycles. The Kier molecular flexibility index (Phi) is 5.53. The third kappa shape index (κ3) is 3.80. The van der Waals surface area contributed by atoms with Crippen LogP contribution in [0.15, 0.2) is 12.1 Å². The molecule has 0 aliphatic rings. The van der Waals surface area contributed by atoms with Crippen molar-refractivity contribution in [3.05, 3.63) is 27.8 Å². The molecule has 0 aromatic heterocycles. The molecule has 1 atom stereocenters. The third-order valence-corrected chi connectivity index (χ3v) is 2.61. The van der Waals surface area contributed by atoms with Crippen molar-refractivity contribution in [1.29, 1.82) is 0 Å². The van der Waals surface area contributed by atoms with E-state index < -0.39 is 11.2 Å². The predicted molar refractivity (Wildman–Crippen MR) is 73.4 cm³/mol. The second-order valence-corrected chi connectivity index (χ2v) is 4.08. The summed E-state index contributed by atoms with van der Waals surface area (Å²) < 4.78 is 0. The van der Waals surface area contributed by atoms with Crippen molar-refractivity contribution in [3.63, 3.8) is 0 Å². The topological polar surface area (TPSA) is 108 Å². The standard InChI is InChI=1S/C12H19N3O4/c1-3-9-4-5-10(13-6-7-16)12(15(18)19)11(9)14-8(2)17/h4-5,8,13-14,16-17H,3,6-7H2,1-2H3. The highest BCUT2D eigenvalue weighted by Gasteiger charge is 2.23. The van der Waals surface area contributed by atoms with Gasteiger partial charge in [0.15, 0.2) is 0 Å². The number of aliphatic hydroxyl groups is 2. The molecule has 19 heavy (non-hydrogen) atoms. The number of aryl methyl sites for hydroxylation is 1. The lowest BCUT2D eigenvalue weighted by Crippen LogP contribution is -2.17. The van der Waals surface area contributed by atoms with Gasteiger partial charge in [-0.3, -0.25) is 10.1 Å². The van der Waals surface area contributed by atoms with E-state index in [-0.39, 0.29) is 18.8 Å². The average molecular weight is 269 g/mol. The SMILES string of the molecule is CCc1ccc(NCCO)c([N+](=O)[O-])c1NC(C)O. The summed E-state index contributed by atoms with van der Waals surface area (Å²) in [5.74, 6) is 0. The summed E-state index contributed by atoms with van der Waals surface area (Å²) in [6.45, 7) is 3.48. The summed E-state index contributed by atoms with van der Waals surface area (Å²) in [6, 6.07) is 3.37. The van der Waals surface area contributed by atoms with Gasteiger partial charge in [-0.2, -0.15) is 0 Å². The maximum Gasteiger partial charge on any atom is 0.315 e. The molecule has 1 rings (SSSR count). The Hall–Kier alpha value is -1.86. The zero-order valence-electron chi connectivity index (χ0n) is 11.0. The van der Waals surface area contributed by atoms with Gasteiger partial charge in [0.2, 0.25) is 0 Å². The van der Waals surface area contributed by atoms with Crippen molar-refractivity contribution >= 4 is 17.1 Å². The van der Waals surface area contributed by atoms with E-state index in [2.05, 4.69) is 10.6 Å². The number of nitro benzene ring substituents is 1. The van der Waals surface area contributed by atoms with Gasteiger partial charge >= 0.3 is 5.69 Å². The molecule has 1 unspecified atom stereocenters. The first-order valence-electron chi connectivity index (χ1n) is 6.10. The summed E-state index contributed by atoms with van der Waals surface area (Å²) in [7, 11) is 0. The Morgan fingerprint density at radius 1 is 1.47 bits per heavy atom. The van der Waals surface area contributed by atoms with Crippen LogP contribution in [0.1, 0.15) is 19.4 Å². The first kappa shape index (κ1) is 15.2. The van der Waals surface area contributed by atoms with Gasteiger partial charge in [-0.15, -0.1) is 0 Å². The summed E-state index contributed by atoms with van der Waals surface area (Å²) in [6.07, 6.45) is -0.284. The van der Waals surface area contributed by atoms with Crippen LogP contribution in [-0.4, -0.2) is 34.5 Å². The molecule has 0 saturated heterocycles. The summed E-state index contributed by atoms with van der Waals surface area (Å²) in [5.41, 5.74) is 1.26. The highest BCUT2D eigenvalue weighted by molar-refractivity contribution is 5.79. The molecule has 0 aliphatic carbocycles. The number of nitrogens with one attached hydrogen (secondary N) is 2. The summed E-state index contributed by atoms with van der Waals surface area (Å²) in [5, 5.41) is 34.9. The number of benzene rings is 1. The van der Waals surface area contributed by atoms with Crippen LogP contribution >= 0.6 is 0 Å². The number of nitro groups is 1. The normalized spacial score (nSPS) is 12.0. The molecule has 0 amide bonds. The third-order valence-electron chi connectivity index (χ3n) is 2.61. The van der Waals surface area contributed by atoms with Gasteiger partial charge in [0, 0.05) is 6.54 Å². The van der Waals surface area contributed by atoms with Gasteiger partial charge in [0.1, 0.15) is 17.6 Å². The number of anilines is 2. The molecule has 7 nitrogen and oxygen atoms in total. The van der Waals surface area contributed by atoms with Gasteiger partial charge in [0.25, 0.3) is 0 Å². The van der Waals surface area contributed by atoms with Crippen molar-refractivity contribution in [2.24, 2.45) is 0 Å². The Balaban J connectivity index is 3.30. The molecule has 1 aromatic rings. The van der Waals surface area contributed by atoms with Crippen molar-refractivity contribution in [2.75, 3.05) is 23.8 Å². The zero-order valence-corrected chi connectivity index (χ0v) is 11.0. The van der Waals surface area contributed by atoms with E-state index in [0.717, 1.165) is 5.56 Å². The predicted octanol–water partition coefficient (Wildman–Crippen LogP) is 1.31. The number of aliphatic hydroxyl groups excluding tert-OH is 2. The summed E-state index contributed by atoms with van der Waals surface area (Å²) >= 11 is 0. The smallest absolute Gasteiger partial charge is 0.315 e. The lowest BCUT2D eigenvalue weighted by molar-refractivity contribution is -0.383. The quantitative estimate of drug-likeness (QED) is 0.338. The molecule has 106 valence electrons. The number of nitrogens with zero attached hydrogens (tertiary/aromatic N) is 1. The first-order chi connectivity index (χ1) is 9.01. The van der Waals surface area contributed by atoms with Crippen LogP contribution in [0.4, 0.5) is 17.1 Å². The molecule has 1 aromatic carbocycles. The van der Waals surface area contributed by atoms with Crippen molar-refractivity contribution in [1.82, 2.24) is 0 Å². The van der Waals surface area contributed by atoms with E-state index in [1.165, 1.54) is 6.92 Å². The van der Waals surface area contributed by atoms with Gasteiger partial charge < -0.3 is 20.8 Å². The lowest BCUT2D eigenvalue weighted by Gasteiger charge is -2.16. The van der Waals surface area contributed by atoms with Crippen LogP contribution in [-0.2, 0) is 6.42 Å². The first-order valence-corrected chi connectivity index (χ1v) is 6.10.